The van der Waals surface area contributed by atoms with E-state index in [-0.39, 0.29) is 11.9 Å². The van der Waals surface area contributed by atoms with E-state index in [9.17, 15) is 4.79 Å². The van der Waals surface area contributed by atoms with Gasteiger partial charge in [-0.2, -0.15) is 0 Å². The van der Waals surface area contributed by atoms with Crippen molar-refractivity contribution in [2.24, 2.45) is 0 Å². The first-order valence-electron chi connectivity index (χ1n) is 4.36. The lowest BCUT2D eigenvalue weighted by atomic mass is 10.2. The minimum atomic E-state index is -0.103. The smallest absolute Gasteiger partial charge is 0.251 e. The zero-order valence-corrected chi connectivity index (χ0v) is 8.92. The van der Waals surface area contributed by atoms with Gasteiger partial charge in [0.25, 0.3) is 5.91 Å². The maximum Gasteiger partial charge on any atom is 0.251 e. The van der Waals surface area contributed by atoms with Gasteiger partial charge in [-0.15, -0.1) is 19.2 Å². The van der Waals surface area contributed by atoms with Crippen LogP contribution < -0.4 is 5.32 Å². The van der Waals surface area contributed by atoms with Crippen LogP contribution >= 0.6 is 12.6 Å². The molecular weight excluding hydrogens is 194 g/mol. The molecular formula is C11H13NOS. The highest BCUT2D eigenvalue weighted by Crippen LogP contribution is 2.08. The number of hydrogen-bond acceptors (Lipinski definition) is 2. The van der Waals surface area contributed by atoms with Gasteiger partial charge in [-0.25, -0.2) is 0 Å². The van der Waals surface area contributed by atoms with Crippen LogP contribution in [0.25, 0.3) is 0 Å². The summed E-state index contributed by atoms with van der Waals surface area (Å²) < 4.78 is 0. The van der Waals surface area contributed by atoms with Crippen molar-refractivity contribution in [3.8, 4) is 0 Å². The van der Waals surface area contributed by atoms with Gasteiger partial charge in [-0.3, -0.25) is 4.79 Å². The van der Waals surface area contributed by atoms with Crippen LogP contribution in [0.1, 0.15) is 17.3 Å². The highest BCUT2D eigenvalue weighted by molar-refractivity contribution is 7.80. The van der Waals surface area contributed by atoms with Gasteiger partial charge in [-0.05, 0) is 25.1 Å². The summed E-state index contributed by atoms with van der Waals surface area (Å²) in [5.74, 6) is -0.103. The summed E-state index contributed by atoms with van der Waals surface area (Å²) in [6.45, 7) is 5.47. The third-order valence-corrected chi connectivity index (χ3v) is 2.10. The number of thiol groups is 1. The van der Waals surface area contributed by atoms with E-state index in [1.54, 1.807) is 24.3 Å². The van der Waals surface area contributed by atoms with E-state index in [1.807, 2.05) is 13.0 Å². The Morgan fingerprint density at radius 1 is 1.64 bits per heavy atom. The predicted octanol–water partition coefficient (Wildman–Crippen LogP) is 2.28. The summed E-state index contributed by atoms with van der Waals surface area (Å²) in [4.78, 5) is 12.4. The molecule has 1 atom stereocenters. The molecule has 1 unspecified atom stereocenters. The standard InChI is InChI=1S/C11H13NOS/c1-3-8(2)12-11(13)9-5-4-6-10(14)7-9/h3-8,14H,1H2,2H3,(H,12,13). The Hall–Kier alpha value is -1.22. The van der Waals surface area contributed by atoms with Crippen LogP contribution in [0.15, 0.2) is 41.8 Å². The van der Waals surface area contributed by atoms with Crippen molar-refractivity contribution in [1.29, 1.82) is 0 Å². The second-order valence-electron chi connectivity index (χ2n) is 3.05. The number of carbonyl (C=O) groups is 1. The topological polar surface area (TPSA) is 29.1 Å². The molecule has 3 heteroatoms. The highest BCUT2D eigenvalue weighted by Gasteiger charge is 2.06. The first-order valence-corrected chi connectivity index (χ1v) is 4.80. The molecule has 0 aromatic heterocycles. The average Bonchev–Trinajstić information content (AvgIpc) is 2.17. The minimum absolute atomic E-state index is 0.0222. The van der Waals surface area contributed by atoms with Crippen LogP contribution in [0, 0.1) is 0 Å². The lowest BCUT2D eigenvalue weighted by molar-refractivity contribution is 0.0947. The first-order chi connectivity index (χ1) is 6.63. The number of benzene rings is 1. The molecule has 0 heterocycles. The number of nitrogens with one attached hydrogen (secondary N) is 1. The van der Waals surface area contributed by atoms with Crippen molar-refractivity contribution in [3.05, 3.63) is 42.5 Å². The van der Waals surface area contributed by atoms with Crippen LogP contribution in [0.4, 0.5) is 0 Å². The van der Waals surface area contributed by atoms with Crippen molar-refractivity contribution in [3.63, 3.8) is 0 Å². The lowest BCUT2D eigenvalue weighted by Gasteiger charge is -2.09. The average molecular weight is 207 g/mol. The summed E-state index contributed by atoms with van der Waals surface area (Å²) >= 11 is 4.16. The molecule has 1 rings (SSSR count). The van der Waals surface area contributed by atoms with Crippen LogP contribution in [0.2, 0.25) is 0 Å². The van der Waals surface area contributed by atoms with E-state index < -0.39 is 0 Å². The molecule has 1 aromatic carbocycles. The van der Waals surface area contributed by atoms with E-state index in [2.05, 4.69) is 24.5 Å². The van der Waals surface area contributed by atoms with E-state index in [0.717, 1.165) is 4.90 Å². The molecule has 0 aliphatic carbocycles. The molecule has 74 valence electrons. The van der Waals surface area contributed by atoms with Gasteiger partial charge < -0.3 is 5.32 Å². The van der Waals surface area contributed by atoms with Crippen molar-refractivity contribution in [2.75, 3.05) is 0 Å². The molecule has 0 aliphatic heterocycles. The molecule has 0 saturated heterocycles. The quantitative estimate of drug-likeness (QED) is 0.578. The number of carbonyl (C=O) groups excluding carboxylic acids is 1. The Morgan fingerprint density at radius 2 is 2.36 bits per heavy atom. The van der Waals surface area contributed by atoms with Crippen molar-refractivity contribution in [1.82, 2.24) is 5.32 Å². The molecule has 0 spiro atoms. The molecule has 14 heavy (non-hydrogen) atoms. The van der Waals surface area contributed by atoms with Gasteiger partial charge in [0.05, 0.1) is 0 Å². The van der Waals surface area contributed by atoms with Crippen LogP contribution in [0.3, 0.4) is 0 Å². The lowest BCUT2D eigenvalue weighted by Crippen LogP contribution is -2.30. The fourth-order valence-electron chi connectivity index (χ4n) is 0.996. The van der Waals surface area contributed by atoms with Crippen LogP contribution in [-0.4, -0.2) is 11.9 Å². The zero-order valence-electron chi connectivity index (χ0n) is 8.03. The second-order valence-corrected chi connectivity index (χ2v) is 3.56. The minimum Gasteiger partial charge on any atom is -0.346 e. The second kappa shape index (κ2) is 4.86. The van der Waals surface area contributed by atoms with E-state index in [0.29, 0.717) is 5.56 Å². The Bertz CT molecular complexity index is 349. The SMILES string of the molecule is C=CC(C)NC(=O)c1cccc(S)c1. The van der Waals surface area contributed by atoms with Gasteiger partial charge in [0, 0.05) is 16.5 Å². The molecule has 0 saturated carbocycles. The molecule has 0 radical (unpaired) electrons. The summed E-state index contributed by atoms with van der Waals surface area (Å²) in [6.07, 6.45) is 1.68. The predicted molar refractivity (Wildman–Crippen MR) is 60.8 cm³/mol. The van der Waals surface area contributed by atoms with E-state index >= 15 is 0 Å². The normalized spacial score (nSPS) is 11.9. The van der Waals surface area contributed by atoms with Gasteiger partial charge >= 0.3 is 0 Å². The molecule has 0 aliphatic rings. The number of hydrogen-bond donors (Lipinski definition) is 2. The Kier molecular flexibility index (Phi) is 3.77. The first kappa shape index (κ1) is 10.9. The third-order valence-electron chi connectivity index (χ3n) is 1.82. The fourth-order valence-corrected chi connectivity index (χ4v) is 1.22. The summed E-state index contributed by atoms with van der Waals surface area (Å²) in [7, 11) is 0. The summed E-state index contributed by atoms with van der Waals surface area (Å²) in [5.41, 5.74) is 0.617. The Morgan fingerprint density at radius 3 is 2.93 bits per heavy atom. The van der Waals surface area contributed by atoms with Gasteiger partial charge in [-0.1, -0.05) is 12.1 Å². The highest BCUT2D eigenvalue weighted by atomic mass is 32.1. The van der Waals surface area contributed by atoms with Crippen LogP contribution in [-0.2, 0) is 0 Å². The third kappa shape index (κ3) is 2.92. The number of rotatable bonds is 3. The Labute approximate surface area is 89.4 Å². The van der Waals surface area contributed by atoms with Gasteiger partial charge in [0.1, 0.15) is 0 Å². The summed E-state index contributed by atoms with van der Waals surface area (Å²) in [6, 6.07) is 7.09. The Balaban J connectivity index is 2.74. The van der Waals surface area contributed by atoms with E-state index in [1.165, 1.54) is 0 Å². The molecule has 0 fully saturated rings. The van der Waals surface area contributed by atoms with Crippen molar-refractivity contribution in [2.45, 2.75) is 17.9 Å². The number of amides is 1. The fraction of sp³-hybridized carbons (Fsp3) is 0.182. The largest absolute Gasteiger partial charge is 0.346 e. The van der Waals surface area contributed by atoms with Crippen molar-refractivity contribution < 1.29 is 4.79 Å². The maximum absolute atomic E-state index is 11.6. The van der Waals surface area contributed by atoms with Gasteiger partial charge in [0.2, 0.25) is 0 Å². The molecule has 1 aromatic rings. The van der Waals surface area contributed by atoms with E-state index in [4.69, 9.17) is 0 Å². The van der Waals surface area contributed by atoms with Gasteiger partial charge in [0.15, 0.2) is 0 Å². The zero-order chi connectivity index (χ0) is 10.6. The summed E-state index contributed by atoms with van der Waals surface area (Å²) in [5, 5.41) is 2.78. The van der Waals surface area contributed by atoms with Crippen LogP contribution in [0.5, 0.6) is 0 Å². The van der Waals surface area contributed by atoms with Crippen molar-refractivity contribution >= 4 is 18.5 Å². The molecule has 1 N–H and O–H groups in total. The molecule has 0 bridgehead atoms. The maximum atomic E-state index is 11.6. The molecule has 1 amide bonds. The molecule has 2 nitrogen and oxygen atoms in total. The monoisotopic (exact) mass is 207 g/mol.